The van der Waals surface area contributed by atoms with E-state index in [4.69, 9.17) is 10.5 Å². The molecule has 5 rings (SSSR count). The Morgan fingerprint density at radius 1 is 1.05 bits per heavy atom. The second kappa shape index (κ2) is 12.2. The molecule has 1 aromatic carbocycles. The molecule has 1 fully saturated rings. The summed E-state index contributed by atoms with van der Waals surface area (Å²) in [6.07, 6.45) is 4.91. The molecule has 4 N–H and O–H groups in total. The summed E-state index contributed by atoms with van der Waals surface area (Å²) in [5, 5.41) is 4.53. The lowest BCUT2D eigenvalue weighted by Gasteiger charge is -2.04. The molecule has 0 bridgehead atoms. The number of hydrogen-bond acceptors (Lipinski definition) is 7. The van der Waals surface area contributed by atoms with Gasteiger partial charge in [-0.2, -0.15) is 0 Å². The number of methoxy groups -OCH3 is 1. The normalized spacial score (nSPS) is 15.1. The third-order valence-electron chi connectivity index (χ3n) is 5.29. The van der Waals surface area contributed by atoms with Crippen molar-refractivity contribution in [3.63, 3.8) is 0 Å². The van der Waals surface area contributed by atoms with Gasteiger partial charge in [-0.1, -0.05) is 31.8 Å². The number of pyridine rings is 2. The number of anilines is 1. The summed E-state index contributed by atoms with van der Waals surface area (Å²) in [7, 11) is 3.40. The van der Waals surface area contributed by atoms with E-state index in [1.54, 1.807) is 49.8 Å². The molecule has 37 heavy (non-hydrogen) atoms. The molecule has 1 saturated heterocycles. The molecule has 0 saturated carbocycles. The van der Waals surface area contributed by atoms with Crippen LogP contribution in [-0.4, -0.2) is 52.9 Å². The van der Waals surface area contributed by atoms with E-state index in [0.29, 0.717) is 17.9 Å². The third-order valence-corrected chi connectivity index (χ3v) is 5.29. The fraction of sp³-hybridized carbons (Fsp3) is 0.222. The van der Waals surface area contributed by atoms with Crippen molar-refractivity contribution in [2.24, 2.45) is 0 Å². The maximum absolute atomic E-state index is 11.5. The Labute approximate surface area is 215 Å². The molecule has 3 aromatic rings. The van der Waals surface area contributed by atoms with Gasteiger partial charge in [0.15, 0.2) is 6.04 Å². The number of hydrogen-bond donors (Lipinski definition) is 3. The minimum absolute atomic E-state index is 0.0777. The van der Waals surface area contributed by atoms with Crippen LogP contribution in [0, 0.1) is 11.8 Å². The fourth-order valence-corrected chi connectivity index (χ4v) is 3.47. The quantitative estimate of drug-likeness (QED) is 0.363. The highest BCUT2D eigenvalue weighted by atomic mass is 16.5. The van der Waals surface area contributed by atoms with Gasteiger partial charge < -0.3 is 20.7 Å². The first kappa shape index (κ1) is 26.7. The van der Waals surface area contributed by atoms with Gasteiger partial charge in [0, 0.05) is 54.4 Å². The Kier molecular flexibility index (Phi) is 8.78. The summed E-state index contributed by atoms with van der Waals surface area (Å²) in [5.74, 6) is 6.32. The van der Waals surface area contributed by atoms with Crippen LogP contribution < -0.4 is 21.1 Å². The number of rotatable bonds is 2. The predicted molar refractivity (Wildman–Crippen MR) is 139 cm³/mol. The van der Waals surface area contributed by atoms with E-state index in [9.17, 15) is 14.4 Å². The molecule has 2 aromatic heterocycles. The van der Waals surface area contributed by atoms with Crippen LogP contribution in [0.4, 0.5) is 10.6 Å². The van der Waals surface area contributed by atoms with Crippen LogP contribution in [0.3, 0.4) is 0 Å². The maximum Gasteiger partial charge on any atom is 0.322 e. The lowest BCUT2D eigenvalue weighted by Crippen LogP contribution is -2.26. The van der Waals surface area contributed by atoms with E-state index < -0.39 is 18.0 Å². The van der Waals surface area contributed by atoms with Crippen LogP contribution in [-0.2, 0) is 11.3 Å². The van der Waals surface area contributed by atoms with Crippen LogP contribution in [0.1, 0.15) is 35.3 Å². The molecular weight excluding hydrogens is 472 g/mol. The fourth-order valence-electron chi connectivity index (χ4n) is 3.47. The van der Waals surface area contributed by atoms with Crippen LogP contribution in [0.25, 0.3) is 11.1 Å². The van der Waals surface area contributed by atoms with Crippen molar-refractivity contribution in [2.45, 2.75) is 26.4 Å². The molecule has 190 valence electrons. The van der Waals surface area contributed by atoms with Crippen molar-refractivity contribution in [1.29, 1.82) is 0 Å². The van der Waals surface area contributed by atoms with Crippen molar-refractivity contribution in [1.82, 2.24) is 25.5 Å². The zero-order valence-corrected chi connectivity index (χ0v) is 21.0. The molecular formula is C27H28N6O4. The van der Waals surface area contributed by atoms with E-state index in [1.165, 1.54) is 0 Å². The lowest BCUT2D eigenvalue weighted by molar-refractivity contribution is -0.119. The number of nitrogens with two attached hydrogens (primary N) is 1. The number of nitrogens with one attached hydrogen (secondary N) is 2. The number of ether oxygens (including phenoxy) is 1. The molecule has 2 aliphatic rings. The van der Waals surface area contributed by atoms with Gasteiger partial charge >= 0.3 is 6.03 Å². The highest BCUT2D eigenvalue weighted by molar-refractivity contribution is 6.05. The van der Waals surface area contributed by atoms with Crippen LogP contribution in [0.15, 0.2) is 55.0 Å². The topological polar surface area (TPSA) is 140 Å². The van der Waals surface area contributed by atoms with Gasteiger partial charge in [0.1, 0.15) is 11.6 Å². The summed E-state index contributed by atoms with van der Waals surface area (Å²) in [4.78, 5) is 43.8. The standard InChI is InChI=1S/C15H11N5O2.C10H11NO2.C2H6/c16-13-4-2-10(8-18-13)11-5-9(6-17-7-11)1-3-12-14(21)20-15(22)19-12;1-11-6-7-3-4-8(13-2)5-9(7)10(11)12;1-2/h2,4-8,12H,(H2,16,18)(H2,19,20,21,22);3-5H,6H2,1-2H3;1-2H3. The maximum atomic E-state index is 11.5. The van der Waals surface area contributed by atoms with Crippen molar-refractivity contribution < 1.29 is 19.1 Å². The molecule has 2 aliphatic heterocycles. The number of urea groups is 1. The number of carbonyl (C=O) groups is 3. The van der Waals surface area contributed by atoms with Gasteiger partial charge in [-0.25, -0.2) is 9.78 Å². The van der Waals surface area contributed by atoms with Gasteiger partial charge in [-0.05, 0) is 35.9 Å². The van der Waals surface area contributed by atoms with E-state index in [2.05, 4.69) is 32.4 Å². The highest BCUT2D eigenvalue weighted by Crippen LogP contribution is 2.25. The Morgan fingerprint density at radius 2 is 1.84 bits per heavy atom. The molecule has 0 spiro atoms. The molecule has 4 amide bonds. The zero-order chi connectivity index (χ0) is 26.9. The smallest absolute Gasteiger partial charge is 0.322 e. The number of imide groups is 1. The molecule has 0 aliphatic carbocycles. The first-order chi connectivity index (χ1) is 17.8. The van der Waals surface area contributed by atoms with E-state index in [1.807, 2.05) is 38.1 Å². The van der Waals surface area contributed by atoms with Gasteiger partial charge in [-0.3, -0.25) is 19.9 Å². The minimum Gasteiger partial charge on any atom is -0.497 e. The second-order valence-corrected chi connectivity index (χ2v) is 7.78. The number of benzene rings is 1. The third kappa shape index (κ3) is 6.61. The van der Waals surface area contributed by atoms with Crippen LogP contribution in [0.2, 0.25) is 0 Å². The first-order valence-electron chi connectivity index (χ1n) is 11.6. The van der Waals surface area contributed by atoms with E-state index in [0.717, 1.165) is 28.0 Å². The largest absolute Gasteiger partial charge is 0.497 e. The number of aromatic nitrogens is 2. The number of fused-ring (bicyclic) bond motifs is 1. The number of nitrogen functional groups attached to an aromatic ring is 1. The summed E-state index contributed by atoms with van der Waals surface area (Å²) in [6.45, 7) is 4.71. The minimum atomic E-state index is -0.839. The Hall–Kier alpha value is -4.91. The van der Waals surface area contributed by atoms with Crippen LogP contribution >= 0.6 is 0 Å². The number of nitrogens with zero attached hydrogens (tertiary/aromatic N) is 3. The molecule has 4 heterocycles. The summed E-state index contributed by atoms with van der Waals surface area (Å²) in [5.41, 5.74) is 9.72. The summed E-state index contributed by atoms with van der Waals surface area (Å²) < 4.78 is 5.05. The Balaban J connectivity index is 0.000000216. The Bertz CT molecular complexity index is 1360. The molecule has 0 radical (unpaired) electrons. The van der Waals surface area contributed by atoms with Gasteiger partial charge in [0.25, 0.3) is 11.8 Å². The number of amides is 4. The highest BCUT2D eigenvalue weighted by Gasteiger charge is 2.27. The van der Waals surface area contributed by atoms with Gasteiger partial charge in [-0.15, -0.1) is 0 Å². The molecule has 1 atom stereocenters. The van der Waals surface area contributed by atoms with Crippen molar-refractivity contribution in [2.75, 3.05) is 19.9 Å². The summed E-state index contributed by atoms with van der Waals surface area (Å²) in [6, 6.07) is 9.59. The monoisotopic (exact) mass is 500 g/mol. The van der Waals surface area contributed by atoms with E-state index >= 15 is 0 Å². The summed E-state index contributed by atoms with van der Waals surface area (Å²) >= 11 is 0. The number of carbonyl (C=O) groups excluding carboxylic acids is 3. The SMILES string of the molecule is CC.COc1ccc2c(c1)C(=O)N(C)C2.Nc1ccc(-c2cncc(C#CC3NC(=O)NC3=O)c2)cn1. The van der Waals surface area contributed by atoms with Crippen molar-refractivity contribution in [3.8, 4) is 28.7 Å². The van der Waals surface area contributed by atoms with E-state index in [-0.39, 0.29) is 5.91 Å². The van der Waals surface area contributed by atoms with Crippen LogP contribution in [0.5, 0.6) is 5.75 Å². The predicted octanol–water partition coefficient (Wildman–Crippen LogP) is 2.59. The second-order valence-electron chi connectivity index (χ2n) is 7.78. The van der Waals surface area contributed by atoms with Gasteiger partial charge in [0.05, 0.1) is 7.11 Å². The first-order valence-corrected chi connectivity index (χ1v) is 11.6. The average molecular weight is 501 g/mol. The zero-order valence-electron chi connectivity index (χ0n) is 21.0. The molecule has 10 heteroatoms. The Morgan fingerprint density at radius 3 is 2.49 bits per heavy atom. The van der Waals surface area contributed by atoms with Crippen molar-refractivity contribution >= 4 is 23.7 Å². The average Bonchev–Trinajstić information content (AvgIpc) is 3.40. The van der Waals surface area contributed by atoms with Gasteiger partial charge in [0.2, 0.25) is 0 Å². The molecule has 1 unspecified atom stereocenters. The molecule has 10 nitrogen and oxygen atoms in total. The lowest BCUT2D eigenvalue weighted by atomic mass is 10.1. The van der Waals surface area contributed by atoms with Crippen molar-refractivity contribution in [3.05, 3.63) is 71.7 Å².